The highest BCUT2D eigenvalue weighted by atomic mass is 35.5. The number of rotatable bonds is 7. The molecule has 0 fully saturated rings. The van der Waals surface area contributed by atoms with Crippen LogP contribution in [0.15, 0.2) is 83.5 Å². The van der Waals surface area contributed by atoms with Gasteiger partial charge in [0.15, 0.2) is 0 Å². The van der Waals surface area contributed by atoms with Crippen molar-refractivity contribution in [2.75, 3.05) is 15.5 Å². The van der Waals surface area contributed by atoms with Crippen molar-refractivity contribution >= 4 is 64.0 Å². The molecule has 3 aromatic carbocycles. The van der Waals surface area contributed by atoms with Crippen LogP contribution in [0.3, 0.4) is 0 Å². The third kappa shape index (κ3) is 5.82. The molecule has 37 heavy (non-hydrogen) atoms. The summed E-state index contributed by atoms with van der Waals surface area (Å²) >= 11 is 12.1. The minimum Gasteiger partial charge on any atom is -0.459 e. The lowest BCUT2D eigenvalue weighted by Crippen LogP contribution is -2.32. The maximum atomic E-state index is 12.9. The van der Waals surface area contributed by atoms with Gasteiger partial charge in [-0.2, -0.15) is 0 Å². The number of carbonyl (C=O) groups is 4. The number of imide groups is 1. The Morgan fingerprint density at radius 2 is 1.51 bits per heavy atom. The molecular weight excluding hydrogens is 517 g/mol. The summed E-state index contributed by atoms with van der Waals surface area (Å²) in [6, 6.07) is 18.9. The van der Waals surface area contributed by atoms with Gasteiger partial charge in [0.25, 0.3) is 17.7 Å². The number of hydrogen-bond acceptors (Lipinski definition) is 6. The van der Waals surface area contributed by atoms with Crippen LogP contribution in [0.5, 0.6) is 0 Å². The Morgan fingerprint density at radius 3 is 2.16 bits per heavy atom. The number of benzene rings is 3. The van der Waals surface area contributed by atoms with Crippen molar-refractivity contribution < 1.29 is 23.9 Å². The van der Waals surface area contributed by atoms with Crippen molar-refractivity contribution in [3.8, 4) is 0 Å². The molecule has 8 nitrogen and oxygen atoms in total. The number of halogens is 2. The lowest BCUT2D eigenvalue weighted by Gasteiger charge is -2.15. The number of nitrogens with one attached hydrogen (secondary N) is 2. The first-order chi connectivity index (χ1) is 17.6. The van der Waals surface area contributed by atoms with E-state index < -0.39 is 23.7 Å². The second kappa shape index (κ2) is 10.9. The minimum absolute atomic E-state index is 0.0797. The molecule has 1 heterocycles. The molecule has 0 atom stereocenters. The van der Waals surface area contributed by atoms with Crippen molar-refractivity contribution in [1.29, 1.82) is 0 Å². The fourth-order valence-electron chi connectivity index (χ4n) is 3.49. The SMILES string of the molecule is CC(C)OC(=O)c1cccc(NC(=O)c2ccc(NC3=C(Cl)C(=O)N(c4ccc(Cl)cc4)C3=O)cc2)c1. The zero-order valence-corrected chi connectivity index (χ0v) is 21.3. The highest BCUT2D eigenvalue weighted by Gasteiger charge is 2.38. The molecule has 0 aromatic heterocycles. The minimum atomic E-state index is -0.660. The summed E-state index contributed by atoms with van der Waals surface area (Å²) in [5, 5.41) is 5.81. The Morgan fingerprint density at radius 1 is 0.838 bits per heavy atom. The van der Waals surface area contributed by atoms with E-state index in [0.29, 0.717) is 33.2 Å². The van der Waals surface area contributed by atoms with Crippen molar-refractivity contribution in [1.82, 2.24) is 0 Å². The average Bonchev–Trinajstić information content (AvgIpc) is 3.08. The first-order valence-corrected chi connectivity index (χ1v) is 11.9. The molecule has 2 N–H and O–H groups in total. The fraction of sp³-hybridized carbons (Fsp3) is 0.111. The lowest BCUT2D eigenvalue weighted by molar-refractivity contribution is -0.120. The predicted octanol–water partition coefficient (Wildman–Crippen LogP) is 5.59. The van der Waals surface area contributed by atoms with Gasteiger partial charge in [0.05, 0.1) is 17.4 Å². The number of amides is 3. The monoisotopic (exact) mass is 537 g/mol. The molecule has 0 saturated heterocycles. The zero-order valence-electron chi connectivity index (χ0n) is 19.7. The summed E-state index contributed by atoms with van der Waals surface area (Å²) in [7, 11) is 0. The summed E-state index contributed by atoms with van der Waals surface area (Å²) in [5.41, 5.74) is 1.78. The molecule has 3 aromatic rings. The zero-order chi connectivity index (χ0) is 26.7. The van der Waals surface area contributed by atoms with Gasteiger partial charge in [-0.15, -0.1) is 0 Å². The van der Waals surface area contributed by atoms with E-state index in [-0.39, 0.29) is 16.8 Å². The second-order valence-corrected chi connectivity index (χ2v) is 9.12. The van der Waals surface area contributed by atoms with Gasteiger partial charge >= 0.3 is 5.97 Å². The molecule has 0 saturated carbocycles. The molecule has 1 aliphatic heterocycles. The molecule has 0 unspecified atom stereocenters. The number of nitrogens with zero attached hydrogens (tertiary/aromatic N) is 1. The van der Waals surface area contributed by atoms with E-state index in [1.54, 1.807) is 80.6 Å². The van der Waals surface area contributed by atoms with Gasteiger partial charge in [-0.1, -0.05) is 29.3 Å². The Hall–Kier alpha value is -4.14. The number of carbonyl (C=O) groups excluding carboxylic acids is 4. The van der Waals surface area contributed by atoms with Crippen LogP contribution >= 0.6 is 23.2 Å². The van der Waals surface area contributed by atoms with Crippen LogP contribution in [-0.4, -0.2) is 29.8 Å². The van der Waals surface area contributed by atoms with Gasteiger partial charge in [-0.25, -0.2) is 9.69 Å². The summed E-state index contributed by atoms with van der Waals surface area (Å²) in [5.74, 6) is -2.16. The first-order valence-electron chi connectivity index (χ1n) is 11.2. The molecule has 10 heteroatoms. The highest BCUT2D eigenvalue weighted by Crippen LogP contribution is 2.30. The normalized spacial score (nSPS) is 13.3. The van der Waals surface area contributed by atoms with Crippen LogP contribution in [0.1, 0.15) is 34.6 Å². The van der Waals surface area contributed by atoms with Crippen molar-refractivity contribution in [3.05, 3.63) is 99.7 Å². The van der Waals surface area contributed by atoms with E-state index in [9.17, 15) is 19.2 Å². The van der Waals surface area contributed by atoms with Crippen LogP contribution < -0.4 is 15.5 Å². The molecule has 4 rings (SSSR count). The van der Waals surface area contributed by atoms with Crippen LogP contribution in [0, 0.1) is 0 Å². The van der Waals surface area contributed by atoms with E-state index in [1.165, 1.54) is 6.07 Å². The van der Waals surface area contributed by atoms with Crippen LogP contribution in [0.4, 0.5) is 17.1 Å². The van der Waals surface area contributed by atoms with E-state index in [0.717, 1.165) is 4.90 Å². The van der Waals surface area contributed by atoms with E-state index in [2.05, 4.69) is 10.6 Å². The van der Waals surface area contributed by atoms with E-state index >= 15 is 0 Å². The van der Waals surface area contributed by atoms with Crippen LogP contribution in [0.25, 0.3) is 0 Å². The molecule has 0 bridgehead atoms. The Labute approximate surface area is 222 Å². The van der Waals surface area contributed by atoms with Gasteiger partial charge in [-0.3, -0.25) is 14.4 Å². The van der Waals surface area contributed by atoms with Crippen molar-refractivity contribution in [3.63, 3.8) is 0 Å². The van der Waals surface area contributed by atoms with Gasteiger partial charge in [0.2, 0.25) is 0 Å². The topological polar surface area (TPSA) is 105 Å². The van der Waals surface area contributed by atoms with Crippen LogP contribution in [-0.2, 0) is 14.3 Å². The van der Waals surface area contributed by atoms with Gasteiger partial charge in [0.1, 0.15) is 10.7 Å². The molecule has 0 radical (unpaired) electrons. The molecular formula is C27H21Cl2N3O5. The van der Waals surface area contributed by atoms with Crippen molar-refractivity contribution in [2.24, 2.45) is 0 Å². The molecule has 188 valence electrons. The maximum absolute atomic E-state index is 12.9. The number of esters is 1. The number of anilines is 3. The summed E-state index contributed by atoms with van der Waals surface area (Å²) in [4.78, 5) is 51.3. The summed E-state index contributed by atoms with van der Waals surface area (Å²) in [6.45, 7) is 3.51. The maximum Gasteiger partial charge on any atom is 0.338 e. The van der Waals surface area contributed by atoms with Crippen molar-refractivity contribution in [2.45, 2.75) is 20.0 Å². The molecule has 0 aliphatic carbocycles. The highest BCUT2D eigenvalue weighted by molar-refractivity contribution is 6.53. The predicted molar refractivity (Wildman–Crippen MR) is 142 cm³/mol. The average molecular weight is 538 g/mol. The van der Waals surface area contributed by atoms with Crippen LogP contribution in [0.2, 0.25) is 5.02 Å². The Kier molecular flexibility index (Phi) is 7.61. The lowest BCUT2D eigenvalue weighted by atomic mass is 10.1. The van der Waals surface area contributed by atoms with E-state index in [1.807, 2.05) is 0 Å². The fourth-order valence-corrected chi connectivity index (χ4v) is 3.83. The van der Waals surface area contributed by atoms with Gasteiger partial charge < -0.3 is 15.4 Å². The Bertz CT molecular complexity index is 1420. The molecule has 3 amide bonds. The smallest absolute Gasteiger partial charge is 0.338 e. The quantitative estimate of drug-likeness (QED) is 0.300. The number of ether oxygens (including phenoxy) is 1. The summed E-state index contributed by atoms with van der Waals surface area (Å²) in [6.07, 6.45) is -0.262. The van der Waals surface area contributed by atoms with E-state index in [4.69, 9.17) is 27.9 Å². The third-order valence-electron chi connectivity index (χ3n) is 5.23. The summed E-state index contributed by atoms with van der Waals surface area (Å²) < 4.78 is 5.18. The van der Waals surface area contributed by atoms with Gasteiger partial charge in [-0.05, 0) is 80.6 Å². The standard InChI is InChI=1S/C27H21Cl2N3O5/c1-15(2)37-27(36)17-4-3-5-20(14-17)31-24(33)16-6-10-19(11-7-16)30-23-22(29)25(34)32(26(23)35)21-12-8-18(28)9-13-21/h3-15,30H,1-2H3,(H,31,33). The second-order valence-electron chi connectivity index (χ2n) is 8.30. The third-order valence-corrected chi connectivity index (χ3v) is 5.83. The molecule has 0 spiro atoms. The first kappa shape index (κ1) is 25.9. The van der Waals surface area contributed by atoms with Gasteiger partial charge in [0, 0.05) is 22.0 Å². The molecule has 1 aliphatic rings. The largest absolute Gasteiger partial charge is 0.459 e. The number of hydrogen-bond donors (Lipinski definition) is 2. The Balaban J connectivity index is 1.44.